The number of rotatable bonds is 1. The first kappa shape index (κ1) is 10.9. The van der Waals surface area contributed by atoms with Gasteiger partial charge < -0.3 is 0 Å². The smallest absolute Gasteiger partial charge is 0.100 e. The zero-order valence-corrected chi connectivity index (χ0v) is 10.6. The molecule has 0 saturated heterocycles. The van der Waals surface area contributed by atoms with Crippen molar-refractivity contribution in [1.82, 2.24) is 9.78 Å². The van der Waals surface area contributed by atoms with Gasteiger partial charge in [-0.1, -0.05) is 0 Å². The molecule has 1 aromatic heterocycles. The van der Waals surface area contributed by atoms with Gasteiger partial charge in [0.1, 0.15) is 6.07 Å². The summed E-state index contributed by atoms with van der Waals surface area (Å²) >= 11 is 3.37. The molecule has 2 rings (SSSR count). The van der Waals surface area contributed by atoms with E-state index in [9.17, 15) is 0 Å². The Morgan fingerprint density at radius 3 is 2.56 bits per heavy atom. The zero-order chi connectivity index (χ0) is 11.7. The monoisotopic (exact) mass is 275 g/mol. The summed E-state index contributed by atoms with van der Waals surface area (Å²) in [6.45, 7) is 3.97. The lowest BCUT2D eigenvalue weighted by Gasteiger charge is -2.05. The van der Waals surface area contributed by atoms with Crippen molar-refractivity contribution in [3.63, 3.8) is 0 Å². The third kappa shape index (κ3) is 1.86. The average Bonchev–Trinajstić information content (AvgIpc) is 2.58. The second-order valence-electron chi connectivity index (χ2n) is 3.61. The highest BCUT2D eigenvalue weighted by atomic mass is 79.9. The van der Waals surface area contributed by atoms with Crippen LogP contribution in [0.2, 0.25) is 0 Å². The van der Waals surface area contributed by atoms with Crippen LogP contribution >= 0.6 is 15.9 Å². The predicted octanol–water partition coefficient (Wildman–Crippen LogP) is 3.12. The van der Waals surface area contributed by atoms with E-state index in [0.29, 0.717) is 5.56 Å². The molecule has 0 unspecified atom stereocenters. The quantitative estimate of drug-likeness (QED) is 0.803. The molecular weight excluding hydrogens is 266 g/mol. The van der Waals surface area contributed by atoms with Crippen LogP contribution in [0.3, 0.4) is 0 Å². The van der Waals surface area contributed by atoms with Crippen molar-refractivity contribution in [1.29, 1.82) is 5.26 Å². The fraction of sp³-hybridized carbons (Fsp3) is 0.167. The molecule has 0 bridgehead atoms. The van der Waals surface area contributed by atoms with Crippen molar-refractivity contribution in [2.75, 3.05) is 0 Å². The molecule has 1 heterocycles. The van der Waals surface area contributed by atoms with Gasteiger partial charge in [-0.05, 0) is 54.0 Å². The molecule has 4 heteroatoms. The van der Waals surface area contributed by atoms with Gasteiger partial charge in [-0.25, -0.2) is 4.68 Å². The molecule has 0 saturated carbocycles. The normalized spacial score (nSPS) is 10.1. The molecule has 0 aliphatic heterocycles. The Hall–Kier alpha value is -1.60. The summed E-state index contributed by atoms with van der Waals surface area (Å²) in [6.07, 6.45) is 0. The average molecular weight is 276 g/mol. The van der Waals surface area contributed by atoms with E-state index >= 15 is 0 Å². The van der Waals surface area contributed by atoms with E-state index in [0.717, 1.165) is 21.5 Å². The topological polar surface area (TPSA) is 41.6 Å². The Bertz CT molecular complexity index is 578. The second-order valence-corrected chi connectivity index (χ2v) is 4.47. The summed E-state index contributed by atoms with van der Waals surface area (Å²) in [5.41, 5.74) is 3.65. The number of aryl methyl sites for hydroxylation is 2. The molecule has 0 aliphatic carbocycles. The van der Waals surface area contributed by atoms with E-state index < -0.39 is 0 Å². The highest BCUT2D eigenvalue weighted by molar-refractivity contribution is 9.10. The molecule has 3 nitrogen and oxygen atoms in total. The maximum atomic E-state index is 8.84. The van der Waals surface area contributed by atoms with Crippen LogP contribution in [0.25, 0.3) is 5.69 Å². The van der Waals surface area contributed by atoms with E-state index in [-0.39, 0.29) is 0 Å². The molecule has 0 fully saturated rings. The van der Waals surface area contributed by atoms with Crippen molar-refractivity contribution in [3.8, 4) is 11.8 Å². The Labute approximate surface area is 102 Å². The molecule has 16 heavy (non-hydrogen) atoms. The molecule has 2 aromatic rings. The number of benzene rings is 1. The number of hydrogen-bond donors (Lipinski definition) is 0. The minimum Gasteiger partial charge on any atom is -0.238 e. The minimum atomic E-state index is 0.630. The molecule has 0 N–H and O–H groups in total. The first-order valence-corrected chi connectivity index (χ1v) is 5.64. The van der Waals surface area contributed by atoms with Crippen LogP contribution in [-0.4, -0.2) is 9.78 Å². The Morgan fingerprint density at radius 2 is 2.06 bits per heavy atom. The Balaban J connectivity index is 2.54. The van der Waals surface area contributed by atoms with Gasteiger partial charge in [0, 0.05) is 10.2 Å². The lowest BCUT2D eigenvalue weighted by Crippen LogP contribution is -1.99. The molecular formula is C12H10BrN3. The van der Waals surface area contributed by atoms with Gasteiger partial charge in [0.25, 0.3) is 0 Å². The Kier molecular flexibility index (Phi) is 2.80. The number of aromatic nitrogens is 2. The molecule has 0 atom stereocenters. The number of nitriles is 1. The highest BCUT2D eigenvalue weighted by Gasteiger charge is 2.06. The fourth-order valence-corrected chi connectivity index (χ4v) is 2.07. The van der Waals surface area contributed by atoms with Gasteiger partial charge >= 0.3 is 0 Å². The minimum absolute atomic E-state index is 0.630. The second kappa shape index (κ2) is 4.11. The van der Waals surface area contributed by atoms with Gasteiger partial charge in [-0.15, -0.1) is 0 Å². The van der Waals surface area contributed by atoms with Crippen LogP contribution in [0, 0.1) is 25.2 Å². The van der Waals surface area contributed by atoms with Crippen molar-refractivity contribution < 1.29 is 0 Å². The van der Waals surface area contributed by atoms with E-state index in [1.807, 2.05) is 36.7 Å². The summed E-state index contributed by atoms with van der Waals surface area (Å²) in [5.74, 6) is 0. The van der Waals surface area contributed by atoms with Crippen molar-refractivity contribution in [2.45, 2.75) is 13.8 Å². The van der Waals surface area contributed by atoms with Crippen LogP contribution in [0.4, 0.5) is 0 Å². The third-order valence-electron chi connectivity index (χ3n) is 2.33. The maximum Gasteiger partial charge on any atom is 0.100 e. The standard InChI is InChI=1S/C12H10BrN3/c1-8-5-9(2)16(15-8)11-4-3-10(7-14)12(13)6-11/h3-6H,1-2H3. The SMILES string of the molecule is Cc1cc(C)n(-c2ccc(C#N)c(Br)c2)n1. The van der Waals surface area contributed by atoms with Crippen LogP contribution in [-0.2, 0) is 0 Å². The number of nitrogens with zero attached hydrogens (tertiary/aromatic N) is 3. The summed E-state index contributed by atoms with van der Waals surface area (Å²) in [6, 6.07) is 9.72. The van der Waals surface area contributed by atoms with Crippen LogP contribution in [0.1, 0.15) is 17.0 Å². The summed E-state index contributed by atoms with van der Waals surface area (Å²) in [7, 11) is 0. The third-order valence-corrected chi connectivity index (χ3v) is 2.98. The molecule has 1 aromatic carbocycles. The molecule has 0 amide bonds. The lowest BCUT2D eigenvalue weighted by molar-refractivity contribution is 0.833. The van der Waals surface area contributed by atoms with Gasteiger partial charge in [0.05, 0.1) is 16.9 Å². The van der Waals surface area contributed by atoms with E-state index in [1.165, 1.54) is 0 Å². The van der Waals surface area contributed by atoms with Crippen molar-refractivity contribution in [3.05, 3.63) is 45.7 Å². The molecule has 0 aliphatic rings. The van der Waals surface area contributed by atoms with E-state index in [1.54, 1.807) is 6.07 Å². The van der Waals surface area contributed by atoms with Gasteiger partial charge in [-0.2, -0.15) is 10.4 Å². The number of halogens is 1. The van der Waals surface area contributed by atoms with Crippen LogP contribution in [0.5, 0.6) is 0 Å². The summed E-state index contributed by atoms with van der Waals surface area (Å²) in [4.78, 5) is 0. The molecule has 80 valence electrons. The van der Waals surface area contributed by atoms with Crippen molar-refractivity contribution in [2.24, 2.45) is 0 Å². The Morgan fingerprint density at radius 1 is 1.31 bits per heavy atom. The largest absolute Gasteiger partial charge is 0.238 e. The van der Waals surface area contributed by atoms with Gasteiger partial charge in [0.15, 0.2) is 0 Å². The summed E-state index contributed by atoms with van der Waals surface area (Å²) in [5, 5.41) is 13.2. The highest BCUT2D eigenvalue weighted by Crippen LogP contribution is 2.21. The first-order chi connectivity index (χ1) is 7.61. The zero-order valence-electron chi connectivity index (χ0n) is 9.03. The predicted molar refractivity (Wildman–Crippen MR) is 65.5 cm³/mol. The van der Waals surface area contributed by atoms with E-state index in [4.69, 9.17) is 5.26 Å². The number of hydrogen-bond acceptors (Lipinski definition) is 2. The maximum absolute atomic E-state index is 8.84. The fourth-order valence-electron chi connectivity index (χ4n) is 1.62. The van der Waals surface area contributed by atoms with Gasteiger partial charge in [-0.3, -0.25) is 0 Å². The van der Waals surface area contributed by atoms with Crippen LogP contribution < -0.4 is 0 Å². The first-order valence-electron chi connectivity index (χ1n) is 4.85. The lowest BCUT2D eigenvalue weighted by atomic mass is 10.2. The van der Waals surface area contributed by atoms with Gasteiger partial charge in [0.2, 0.25) is 0 Å². The summed E-state index contributed by atoms with van der Waals surface area (Å²) < 4.78 is 2.65. The molecule has 0 spiro atoms. The molecule has 0 radical (unpaired) electrons. The van der Waals surface area contributed by atoms with Crippen molar-refractivity contribution >= 4 is 15.9 Å². The van der Waals surface area contributed by atoms with E-state index in [2.05, 4.69) is 27.1 Å². The van der Waals surface area contributed by atoms with Crippen LogP contribution in [0.15, 0.2) is 28.7 Å².